The molecule has 0 spiro atoms. The number of rotatable bonds is 11. The third-order valence-corrected chi connectivity index (χ3v) is 12.3. The average molecular weight is 987 g/mol. The maximum atomic E-state index is 13.8. The molecule has 2 heterocycles. The largest absolute Gasteiger partial charge is 0 e. The van der Waals surface area contributed by atoms with Gasteiger partial charge in [0.2, 0.25) is 0 Å². The van der Waals surface area contributed by atoms with E-state index in [9.17, 15) is 23.1 Å². The summed E-state index contributed by atoms with van der Waals surface area (Å²) >= 11 is -0.383. The van der Waals surface area contributed by atoms with Crippen LogP contribution in [0.5, 0.6) is 0 Å². The Morgan fingerprint density at radius 2 is 1.59 bits per heavy atom. The predicted octanol–water partition coefficient (Wildman–Crippen LogP) is 13.2. The summed E-state index contributed by atoms with van der Waals surface area (Å²) in [6.07, 6.45) is -1.09. The predicted molar refractivity (Wildman–Crippen MR) is 217 cm³/mol. The molecule has 3 nitrogen and oxygen atoms in total. The molecule has 8 heteroatoms. The summed E-state index contributed by atoms with van der Waals surface area (Å²) < 4.78 is 84.5. The number of aliphatic hydroxyl groups excluding tert-OH is 1. The zero-order chi connectivity index (χ0) is 43.6. The van der Waals surface area contributed by atoms with Crippen molar-refractivity contribution in [3.8, 4) is 21.3 Å². The van der Waals surface area contributed by atoms with E-state index in [0.717, 1.165) is 87.3 Å². The van der Waals surface area contributed by atoms with Crippen molar-refractivity contribution >= 4 is 40.7 Å². The Morgan fingerprint density at radius 1 is 0.944 bits per heavy atom. The van der Waals surface area contributed by atoms with Gasteiger partial charge in [0, 0.05) is 38.0 Å². The van der Waals surface area contributed by atoms with Crippen LogP contribution in [0.15, 0.2) is 78.7 Å². The molecular formula is C46H55F3IrNO2Se-. The van der Waals surface area contributed by atoms with Gasteiger partial charge in [-0.3, -0.25) is 4.79 Å². The molecule has 1 N–H and O–H groups in total. The first-order valence-corrected chi connectivity index (χ1v) is 20.1. The molecule has 0 aliphatic heterocycles. The number of ketones is 1. The molecule has 3 aromatic carbocycles. The zero-order valence-electron chi connectivity index (χ0n) is 37.6. The molecule has 0 saturated heterocycles. The van der Waals surface area contributed by atoms with E-state index in [-0.39, 0.29) is 74.5 Å². The van der Waals surface area contributed by atoms with Gasteiger partial charge >= 0.3 is 236 Å². The van der Waals surface area contributed by atoms with Crippen LogP contribution in [0.2, 0.25) is 0 Å². The molecular weight excluding hydrogens is 927 g/mol. The molecule has 0 atom stereocenters. The monoisotopic (exact) mass is 988 g/mol. The van der Waals surface area contributed by atoms with E-state index in [0.29, 0.717) is 5.56 Å². The minimum Gasteiger partial charge on any atom is 0 e. The molecule has 0 unspecified atom stereocenters. The molecule has 0 aliphatic rings. The number of carbonyl (C=O) groups is 1. The fraction of sp³-hybridized carbons (Fsp3) is 0.435. The first-order valence-electron chi connectivity index (χ1n) is 20.8. The van der Waals surface area contributed by atoms with Gasteiger partial charge in [-0.15, -0.1) is 0 Å². The van der Waals surface area contributed by atoms with Gasteiger partial charge in [-0.25, -0.2) is 0 Å². The summed E-state index contributed by atoms with van der Waals surface area (Å²) in [5.74, 6) is 0.547. The van der Waals surface area contributed by atoms with E-state index in [1.807, 2.05) is 58.0 Å². The number of aliphatic hydroxyl groups is 1. The third kappa shape index (κ3) is 10.6. The van der Waals surface area contributed by atoms with E-state index < -0.39 is 24.8 Å². The second kappa shape index (κ2) is 18.7. The molecule has 2 aromatic heterocycles. The first-order chi connectivity index (χ1) is 26.8. The van der Waals surface area contributed by atoms with Crippen LogP contribution in [-0.2, 0) is 36.7 Å². The molecule has 293 valence electrons. The van der Waals surface area contributed by atoms with Gasteiger partial charge in [0.05, 0.1) is 5.76 Å². The number of benzene rings is 3. The van der Waals surface area contributed by atoms with E-state index in [1.54, 1.807) is 6.20 Å². The van der Waals surface area contributed by atoms with Gasteiger partial charge in [0.25, 0.3) is 0 Å². The Balaban J connectivity index is 0.000000496. The Labute approximate surface area is 347 Å². The SMILES string of the molecule is CCC(CC)C(=O)/C=C(\O)C(CC)CC.[2H]C([2H])([2H])c1cc(C([2H])([2H])C(C)(C)C(F)(F)F)ccc1-c1cc2ccnc(-c3[c-]c4ccccc4c(C(C)(C)C)c3)c2[se]1.[Ir]. The number of halogens is 3. The molecule has 54 heavy (non-hydrogen) atoms. The standard InChI is InChI=1S/C33H31F3NSe.C13H24O2.Ir/c1-20-15-21(19-32(5,6)33(34,35)36)11-12-25(20)28-18-23-13-14-37-29(30(23)38-28)24-16-22-9-7-8-10-26(22)27(17-24)31(2,3)4;1-5-10(6-2)12(14)9-13(15)11(7-3)8-4;/h7-15,17-18H,19H2,1-6H3;9-11,14H,5-8H2,1-4H3;/q-1;;/b;12-9-;/i1D3,19D2;;. The Kier molecular flexibility index (Phi) is 13.1. The number of hydrogen-bond donors (Lipinski definition) is 1. The maximum Gasteiger partial charge on any atom is 0 e. The quantitative estimate of drug-likeness (QED) is 0.0621. The van der Waals surface area contributed by atoms with Gasteiger partial charge in [-0.1, -0.05) is 27.7 Å². The van der Waals surface area contributed by atoms with Crippen LogP contribution in [0.4, 0.5) is 13.2 Å². The van der Waals surface area contributed by atoms with Crippen LogP contribution >= 0.6 is 0 Å². The maximum absolute atomic E-state index is 13.8. The summed E-state index contributed by atoms with van der Waals surface area (Å²) in [4.78, 5) is 16.4. The Morgan fingerprint density at radius 3 is 2.19 bits per heavy atom. The van der Waals surface area contributed by atoms with Crippen molar-refractivity contribution in [2.75, 3.05) is 0 Å². The van der Waals surface area contributed by atoms with E-state index >= 15 is 0 Å². The van der Waals surface area contributed by atoms with E-state index in [2.05, 4.69) is 39.0 Å². The van der Waals surface area contributed by atoms with Gasteiger partial charge in [0.15, 0.2) is 5.78 Å². The number of aryl methyl sites for hydroxylation is 1. The molecule has 0 saturated carbocycles. The van der Waals surface area contributed by atoms with Gasteiger partial charge < -0.3 is 5.11 Å². The minimum absolute atomic E-state index is 0. The molecule has 0 fully saturated rings. The van der Waals surface area contributed by atoms with Crippen molar-refractivity contribution in [1.82, 2.24) is 4.98 Å². The van der Waals surface area contributed by atoms with Crippen molar-refractivity contribution in [2.45, 2.75) is 113 Å². The second-order valence-electron chi connectivity index (χ2n) is 15.1. The summed E-state index contributed by atoms with van der Waals surface area (Å²) in [6.45, 7) is 13.4. The molecule has 5 aromatic rings. The van der Waals surface area contributed by atoms with Gasteiger partial charge in [0.1, 0.15) is 0 Å². The van der Waals surface area contributed by atoms with Crippen molar-refractivity contribution in [3.05, 3.63) is 101 Å². The van der Waals surface area contributed by atoms with Crippen molar-refractivity contribution in [3.63, 3.8) is 0 Å². The second-order valence-corrected chi connectivity index (χ2v) is 17.3. The fourth-order valence-corrected chi connectivity index (χ4v) is 8.83. The first kappa shape index (κ1) is 37.9. The van der Waals surface area contributed by atoms with Gasteiger partial charge in [-0.05, 0) is 25.7 Å². The number of nitrogens with zero attached hydrogens (tertiary/aromatic N) is 1. The Bertz CT molecular complexity index is 2270. The zero-order valence-corrected chi connectivity index (χ0v) is 36.7. The summed E-state index contributed by atoms with van der Waals surface area (Å²) in [5.41, 5.74) is -0.246. The fourth-order valence-electron chi connectivity index (χ4n) is 6.32. The van der Waals surface area contributed by atoms with E-state index in [4.69, 9.17) is 11.8 Å². The number of alkyl halides is 3. The van der Waals surface area contributed by atoms with Crippen molar-refractivity contribution < 1.29 is 50.0 Å². The molecule has 0 amide bonds. The number of fused-ring (bicyclic) bond motifs is 2. The van der Waals surface area contributed by atoms with Crippen LogP contribution in [-0.4, -0.2) is 36.6 Å². The minimum atomic E-state index is -4.84. The molecule has 0 aliphatic carbocycles. The van der Waals surface area contributed by atoms with Crippen LogP contribution in [0.1, 0.15) is 112 Å². The Hall–Kier alpha value is -3.02. The normalized spacial score (nSPS) is 14.5. The van der Waals surface area contributed by atoms with Crippen molar-refractivity contribution in [2.24, 2.45) is 17.3 Å². The average Bonchev–Trinajstić information content (AvgIpc) is 3.59. The number of aromatic nitrogens is 1. The number of carbonyl (C=O) groups excluding carboxylic acids is 1. The molecule has 5 rings (SSSR count). The summed E-state index contributed by atoms with van der Waals surface area (Å²) in [6, 6.07) is 21.3. The smallest absolute Gasteiger partial charge is 0 e. The molecule has 1 radical (unpaired) electrons. The van der Waals surface area contributed by atoms with Crippen LogP contribution < -0.4 is 0 Å². The van der Waals surface area contributed by atoms with Gasteiger partial charge in [-0.2, -0.15) is 0 Å². The number of allylic oxidation sites excluding steroid dienone is 2. The number of hydrogen-bond acceptors (Lipinski definition) is 3. The topological polar surface area (TPSA) is 50.2 Å². The van der Waals surface area contributed by atoms with Crippen LogP contribution in [0.3, 0.4) is 0 Å². The third-order valence-electron chi connectivity index (χ3n) is 9.80. The van der Waals surface area contributed by atoms with Crippen LogP contribution in [0, 0.1) is 30.2 Å². The van der Waals surface area contributed by atoms with E-state index in [1.165, 1.54) is 18.2 Å². The summed E-state index contributed by atoms with van der Waals surface area (Å²) in [5, 5.41) is 12.7. The van der Waals surface area contributed by atoms with Crippen molar-refractivity contribution in [1.29, 1.82) is 0 Å². The molecule has 0 bridgehead atoms. The summed E-state index contributed by atoms with van der Waals surface area (Å²) in [7, 11) is 0. The van der Waals surface area contributed by atoms with Crippen LogP contribution in [0.25, 0.3) is 41.7 Å². The number of pyridine rings is 1.